The van der Waals surface area contributed by atoms with Gasteiger partial charge in [-0.25, -0.2) is 0 Å². The highest BCUT2D eigenvalue weighted by molar-refractivity contribution is 6.07. The molecule has 1 saturated carbocycles. The molecular formula is C19H24N4O3. The van der Waals surface area contributed by atoms with Crippen LogP contribution in [-0.4, -0.2) is 24.3 Å². The molecule has 1 unspecified atom stereocenters. The maximum Gasteiger partial charge on any atom is 0.248 e. The van der Waals surface area contributed by atoms with Gasteiger partial charge in [0.1, 0.15) is 12.5 Å². The molecule has 1 atom stereocenters. The van der Waals surface area contributed by atoms with Crippen LogP contribution in [-0.2, 0) is 9.59 Å². The summed E-state index contributed by atoms with van der Waals surface area (Å²) in [5.41, 5.74) is 11.4. The van der Waals surface area contributed by atoms with E-state index in [1.165, 1.54) is 35.6 Å². The molecule has 7 nitrogen and oxygen atoms in total. The molecule has 3 amide bonds. The highest BCUT2D eigenvalue weighted by Crippen LogP contribution is 2.30. The van der Waals surface area contributed by atoms with Crippen molar-refractivity contribution in [3.05, 3.63) is 29.8 Å². The van der Waals surface area contributed by atoms with Crippen molar-refractivity contribution in [3.8, 4) is 6.07 Å². The molecule has 0 aliphatic heterocycles. The molecule has 138 valence electrons. The van der Waals surface area contributed by atoms with E-state index in [-0.39, 0.29) is 6.54 Å². The molecule has 0 heterocycles. The largest absolute Gasteiger partial charge is 0.369 e. The Labute approximate surface area is 152 Å². The molecule has 0 spiro atoms. The van der Waals surface area contributed by atoms with Crippen LogP contribution in [0.1, 0.15) is 48.9 Å². The first-order valence-corrected chi connectivity index (χ1v) is 8.81. The zero-order valence-corrected chi connectivity index (χ0v) is 14.7. The first-order chi connectivity index (χ1) is 12.4. The number of hydrogen-bond donors (Lipinski definition) is 2. The molecule has 0 saturated heterocycles. The summed E-state index contributed by atoms with van der Waals surface area (Å²) >= 11 is 0. The van der Waals surface area contributed by atoms with Crippen LogP contribution in [0.25, 0.3) is 0 Å². The van der Waals surface area contributed by atoms with E-state index in [9.17, 15) is 14.4 Å². The predicted octanol–water partition coefficient (Wildman–Crippen LogP) is 1.71. The number of hydrogen-bond acceptors (Lipinski definition) is 4. The number of benzene rings is 1. The van der Waals surface area contributed by atoms with Gasteiger partial charge in [0, 0.05) is 11.3 Å². The molecule has 0 aromatic heterocycles. The smallest absolute Gasteiger partial charge is 0.248 e. The third-order valence-electron chi connectivity index (χ3n) is 4.89. The maximum absolute atomic E-state index is 13.0. The van der Waals surface area contributed by atoms with Crippen molar-refractivity contribution in [2.75, 3.05) is 11.4 Å². The number of anilines is 1. The Morgan fingerprint density at radius 3 is 2.23 bits per heavy atom. The van der Waals surface area contributed by atoms with Crippen LogP contribution in [0, 0.1) is 23.2 Å². The van der Waals surface area contributed by atoms with Crippen molar-refractivity contribution < 1.29 is 14.4 Å². The van der Waals surface area contributed by atoms with E-state index in [1.54, 1.807) is 0 Å². The molecule has 7 heteroatoms. The average molecular weight is 356 g/mol. The summed E-state index contributed by atoms with van der Waals surface area (Å²) in [5, 5.41) is 9.10. The van der Waals surface area contributed by atoms with Gasteiger partial charge in [-0.05, 0) is 36.6 Å². The second kappa shape index (κ2) is 8.99. The SMILES string of the molecule is N#CCN(C(=O)C(CC1CCCCC1)C(N)=O)c1ccc(C(N)=O)cc1. The molecular weight excluding hydrogens is 332 g/mol. The van der Waals surface area contributed by atoms with Crippen LogP contribution < -0.4 is 16.4 Å². The number of amides is 3. The number of nitrogens with two attached hydrogens (primary N) is 2. The van der Waals surface area contributed by atoms with Gasteiger partial charge >= 0.3 is 0 Å². The number of rotatable bonds is 7. The van der Waals surface area contributed by atoms with Crippen LogP contribution in [0.3, 0.4) is 0 Å². The van der Waals surface area contributed by atoms with Crippen molar-refractivity contribution in [2.45, 2.75) is 38.5 Å². The fraction of sp³-hybridized carbons (Fsp3) is 0.474. The fourth-order valence-electron chi connectivity index (χ4n) is 3.46. The normalized spacial score (nSPS) is 15.7. The summed E-state index contributed by atoms with van der Waals surface area (Å²) in [4.78, 5) is 37.3. The van der Waals surface area contributed by atoms with Gasteiger partial charge in [-0.1, -0.05) is 32.1 Å². The van der Waals surface area contributed by atoms with Crippen molar-refractivity contribution in [1.29, 1.82) is 5.26 Å². The molecule has 4 N–H and O–H groups in total. The topological polar surface area (TPSA) is 130 Å². The number of carbonyl (C=O) groups excluding carboxylic acids is 3. The minimum atomic E-state index is -0.956. The van der Waals surface area contributed by atoms with E-state index in [2.05, 4.69) is 0 Å². The third-order valence-corrected chi connectivity index (χ3v) is 4.89. The summed E-state index contributed by atoms with van der Waals surface area (Å²) in [6.07, 6.45) is 5.76. The van der Waals surface area contributed by atoms with E-state index < -0.39 is 23.6 Å². The first kappa shape index (κ1) is 19.4. The van der Waals surface area contributed by atoms with Crippen LogP contribution in [0.15, 0.2) is 24.3 Å². The number of primary amides is 2. The lowest BCUT2D eigenvalue weighted by Gasteiger charge is -2.28. The number of carbonyl (C=O) groups is 3. The molecule has 1 aliphatic rings. The van der Waals surface area contributed by atoms with E-state index in [1.807, 2.05) is 6.07 Å². The van der Waals surface area contributed by atoms with Gasteiger partial charge in [0.25, 0.3) is 0 Å². The van der Waals surface area contributed by atoms with Gasteiger partial charge in [-0.15, -0.1) is 0 Å². The second-order valence-electron chi connectivity index (χ2n) is 6.69. The van der Waals surface area contributed by atoms with Crippen LogP contribution in [0.2, 0.25) is 0 Å². The monoisotopic (exact) mass is 356 g/mol. The third kappa shape index (κ3) is 4.82. The zero-order chi connectivity index (χ0) is 19.1. The summed E-state index contributed by atoms with van der Waals surface area (Å²) < 4.78 is 0. The van der Waals surface area contributed by atoms with Crippen LogP contribution in [0.5, 0.6) is 0 Å². The van der Waals surface area contributed by atoms with E-state index in [0.29, 0.717) is 23.6 Å². The Bertz CT molecular complexity index is 702. The molecule has 1 aliphatic carbocycles. The number of nitrogens with zero attached hydrogens (tertiary/aromatic N) is 2. The molecule has 0 bridgehead atoms. The number of nitriles is 1. The van der Waals surface area contributed by atoms with Gasteiger partial charge in [0.2, 0.25) is 17.7 Å². The summed E-state index contributed by atoms with van der Waals surface area (Å²) in [6, 6.07) is 7.98. The lowest BCUT2D eigenvalue weighted by atomic mass is 9.82. The Kier molecular flexibility index (Phi) is 6.73. The maximum atomic E-state index is 13.0. The first-order valence-electron chi connectivity index (χ1n) is 8.81. The summed E-state index contributed by atoms with van der Waals surface area (Å²) in [5.74, 6) is -2.38. The van der Waals surface area contributed by atoms with E-state index in [0.717, 1.165) is 25.7 Å². The zero-order valence-electron chi connectivity index (χ0n) is 14.7. The van der Waals surface area contributed by atoms with Gasteiger partial charge in [0.05, 0.1) is 6.07 Å². The molecule has 1 aromatic rings. The van der Waals surface area contributed by atoms with Crippen LogP contribution >= 0.6 is 0 Å². The van der Waals surface area contributed by atoms with Crippen molar-refractivity contribution >= 4 is 23.4 Å². The van der Waals surface area contributed by atoms with Gasteiger partial charge in [0.15, 0.2) is 0 Å². The van der Waals surface area contributed by atoms with Crippen LogP contribution in [0.4, 0.5) is 5.69 Å². The second-order valence-corrected chi connectivity index (χ2v) is 6.69. The Balaban J connectivity index is 2.21. The highest BCUT2D eigenvalue weighted by atomic mass is 16.2. The van der Waals surface area contributed by atoms with E-state index in [4.69, 9.17) is 16.7 Å². The fourth-order valence-corrected chi connectivity index (χ4v) is 3.46. The van der Waals surface area contributed by atoms with Crippen molar-refractivity contribution in [2.24, 2.45) is 23.3 Å². The lowest BCUT2D eigenvalue weighted by molar-refractivity contribution is -0.132. The van der Waals surface area contributed by atoms with E-state index >= 15 is 0 Å². The Morgan fingerprint density at radius 1 is 1.12 bits per heavy atom. The Morgan fingerprint density at radius 2 is 1.73 bits per heavy atom. The Hall–Kier alpha value is -2.88. The molecule has 26 heavy (non-hydrogen) atoms. The lowest BCUT2D eigenvalue weighted by Crippen LogP contribution is -2.43. The van der Waals surface area contributed by atoms with Gasteiger partial charge in [-0.3, -0.25) is 19.3 Å². The minimum Gasteiger partial charge on any atom is -0.369 e. The predicted molar refractivity (Wildman–Crippen MR) is 96.8 cm³/mol. The molecule has 0 radical (unpaired) electrons. The van der Waals surface area contributed by atoms with Gasteiger partial charge < -0.3 is 11.5 Å². The van der Waals surface area contributed by atoms with Crippen molar-refractivity contribution in [1.82, 2.24) is 0 Å². The summed E-state index contributed by atoms with van der Waals surface area (Å²) in [6.45, 7) is -0.205. The summed E-state index contributed by atoms with van der Waals surface area (Å²) in [7, 11) is 0. The average Bonchev–Trinajstić information content (AvgIpc) is 2.64. The van der Waals surface area contributed by atoms with Gasteiger partial charge in [-0.2, -0.15) is 5.26 Å². The molecule has 1 aromatic carbocycles. The van der Waals surface area contributed by atoms with Crippen molar-refractivity contribution in [3.63, 3.8) is 0 Å². The molecule has 1 fully saturated rings. The standard InChI is InChI=1S/C19H24N4O3/c20-10-11-23(15-8-6-14(7-9-15)17(21)24)19(26)16(18(22)25)12-13-4-2-1-3-5-13/h6-9,13,16H,1-5,11-12H2,(H2,21,24)(H2,22,25). The minimum absolute atomic E-state index is 0.205. The quantitative estimate of drug-likeness (QED) is 0.569. The molecule has 2 rings (SSSR count). The highest BCUT2D eigenvalue weighted by Gasteiger charge is 2.32.